The standard InChI is InChI=1S/C19H18F2N2O4/c1-12(24)15-4-3-5-16(10-15)23-18(25)13(2)27-22-11-14-6-8-17(9-7-14)26-19(20)21/h3-11,13,19H,1-2H3,(H,23,25)/b22-11+. The van der Waals surface area contributed by atoms with Gasteiger partial charge in [0.1, 0.15) is 5.75 Å². The summed E-state index contributed by atoms with van der Waals surface area (Å²) in [5.41, 5.74) is 1.54. The maximum Gasteiger partial charge on any atom is 0.387 e. The van der Waals surface area contributed by atoms with Crippen LogP contribution in [0.5, 0.6) is 5.75 Å². The highest BCUT2D eigenvalue weighted by molar-refractivity contribution is 5.98. The molecule has 0 bridgehead atoms. The Morgan fingerprint density at radius 1 is 1.15 bits per heavy atom. The van der Waals surface area contributed by atoms with E-state index in [4.69, 9.17) is 4.84 Å². The van der Waals surface area contributed by atoms with Crippen molar-refractivity contribution in [2.75, 3.05) is 5.32 Å². The molecule has 0 heterocycles. The fourth-order valence-electron chi connectivity index (χ4n) is 2.03. The number of ketones is 1. The van der Waals surface area contributed by atoms with Gasteiger partial charge in [0.2, 0.25) is 6.10 Å². The van der Waals surface area contributed by atoms with Gasteiger partial charge in [-0.05, 0) is 55.8 Å². The first-order valence-electron chi connectivity index (χ1n) is 8.01. The largest absolute Gasteiger partial charge is 0.435 e. The molecule has 0 aliphatic heterocycles. The molecule has 0 spiro atoms. The fraction of sp³-hybridized carbons (Fsp3) is 0.211. The number of carbonyl (C=O) groups excluding carboxylic acids is 2. The van der Waals surface area contributed by atoms with Gasteiger partial charge in [-0.25, -0.2) is 0 Å². The summed E-state index contributed by atoms with van der Waals surface area (Å²) in [6, 6.07) is 12.3. The summed E-state index contributed by atoms with van der Waals surface area (Å²) in [5, 5.41) is 6.35. The van der Waals surface area contributed by atoms with Crippen LogP contribution in [0.4, 0.5) is 14.5 Å². The third-order valence-electron chi connectivity index (χ3n) is 3.43. The van der Waals surface area contributed by atoms with Crippen LogP contribution < -0.4 is 10.1 Å². The van der Waals surface area contributed by atoms with E-state index in [0.29, 0.717) is 16.8 Å². The molecule has 0 aliphatic rings. The number of hydrogen-bond acceptors (Lipinski definition) is 5. The van der Waals surface area contributed by atoms with Crippen LogP contribution in [0.15, 0.2) is 53.7 Å². The van der Waals surface area contributed by atoms with Gasteiger partial charge < -0.3 is 14.9 Å². The number of hydrogen-bond donors (Lipinski definition) is 1. The van der Waals surface area contributed by atoms with Crippen molar-refractivity contribution in [1.29, 1.82) is 0 Å². The first-order valence-corrected chi connectivity index (χ1v) is 8.01. The van der Waals surface area contributed by atoms with Gasteiger partial charge in [0.15, 0.2) is 5.78 Å². The lowest BCUT2D eigenvalue weighted by Crippen LogP contribution is -2.26. The molecule has 0 aromatic heterocycles. The Labute approximate surface area is 154 Å². The molecule has 0 aliphatic carbocycles. The summed E-state index contributed by atoms with van der Waals surface area (Å²) in [5.74, 6) is -0.512. The zero-order valence-electron chi connectivity index (χ0n) is 14.7. The fourth-order valence-corrected chi connectivity index (χ4v) is 2.03. The molecule has 8 heteroatoms. The molecule has 2 rings (SSSR count). The molecule has 1 atom stereocenters. The minimum atomic E-state index is -2.89. The number of anilines is 1. The normalized spacial score (nSPS) is 12.0. The molecule has 1 amide bonds. The minimum absolute atomic E-state index is 0.0311. The maximum atomic E-state index is 12.1. The summed E-state index contributed by atoms with van der Waals surface area (Å²) in [7, 11) is 0. The molecular weight excluding hydrogens is 358 g/mol. The van der Waals surface area contributed by atoms with E-state index in [-0.39, 0.29) is 11.5 Å². The smallest absolute Gasteiger partial charge is 0.387 e. The minimum Gasteiger partial charge on any atom is -0.435 e. The Balaban J connectivity index is 1.88. The highest BCUT2D eigenvalue weighted by Gasteiger charge is 2.14. The summed E-state index contributed by atoms with van der Waals surface area (Å²) in [6.45, 7) is 0.0672. The van der Waals surface area contributed by atoms with Gasteiger partial charge in [0, 0.05) is 11.3 Å². The molecule has 0 saturated heterocycles. The van der Waals surface area contributed by atoms with E-state index >= 15 is 0 Å². The highest BCUT2D eigenvalue weighted by atomic mass is 19.3. The second-order valence-corrected chi connectivity index (χ2v) is 5.56. The summed E-state index contributed by atoms with van der Waals surface area (Å²) < 4.78 is 28.4. The van der Waals surface area contributed by atoms with Crippen molar-refractivity contribution in [2.24, 2.45) is 5.16 Å². The number of benzene rings is 2. The summed E-state index contributed by atoms with van der Waals surface area (Å²) >= 11 is 0. The molecule has 0 saturated carbocycles. The van der Waals surface area contributed by atoms with Gasteiger partial charge in [-0.3, -0.25) is 9.59 Å². The average Bonchev–Trinajstić information content (AvgIpc) is 2.62. The number of amides is 1. The van der Waals surface area contributed by atoms with Gasteiger partial charge in [-0.15, -0.1) is 0 Å². The Hall–Kier alpha value is -3.29. The first-order chi connectivity index (χ1) is 12.8. The van der Waals surface area contributed by atoms with Crippen molar-refractivity contribution >= 4 is 23.6 Å². The van der Waals surface area contributed by atoms with E-state index in [1.54, 1.807) is 24.3 Å². The van der Waals surface area contributed by atoms with Crippen LogP contribution >= 0.6 is 0 Å². The molecule has 1 unspecified atom stereocenters. The van der Waals surface area contributed by atoms with Gasteiger partial charge in [0.05, 0.1) is 6.21 Å². The monoisotopic (exact) mass is 376 g/mol. The predicted molar refractivity (Wildman–Crippen MR) is 96.3 cm³/mol. The molecule has 2 aromatic carbocycles. The summed E-state index contributed by atoms with van der Waals surface area (Å²) in [6.07, 6.45) is 0.454. The molecule has 0 radical (unpaired) electrons. The maximum absolute atomic E-state index is 12.1. The van der Waals surface area contributed by atoms with E-state index in [9.17, 15) is 18.4 Å². The van der Waals surface area contributed by atoms with Gasteiger partial charge in [-0.2, -0.15) is 8.78 Å². The predicted octanol–water partition coefficient (Wildman–Crippen LogP) is 3.87. The number of oxime groups is 1. The number of carbonyl (C=O) groups is 2. The number of Topliss-reactive ketones (excluding diaryl/α,β-unsaturated/α-hetero) is 1. The van der Waals surface area contributed by atoms with E-state index in [1.807, 2.05) is 0 Å². The molecule has 2 aromatic rings. The van der Waals surface area contributed by atoms with Crippen LogP contribution in [0.3, 0.4) is 0 Å². The number of nitrogens with one attached hydrogen (secondary N) is 1. The van der Waals surface area contributed by atoms with Crippen molar-refractivity contribution in [2.45, 2.75) is 26.6 Å². The second-order valence-electron chi connectivity index (χ2n) is 5.56. The van der Waals surface area contributed by atoms with Crippen molar-refractivity contribution in [3.8, 4) is 5.75 Å². The van der Waals surface area contributed by atoms with Crippen molar-refractivity contribution in [3.63, 3.8) is 0 Å². The molecule has 0 fully saturated rings. The van der Waals surface area contributed by atoms with E-state index in [0.717, 1.165) is 0 Å². The lowest BCUT2D eigenvalue weighted by Gasteiger charge is -2.11. The third-order valence-corrected chi connectivity index (χ3v) is 3.43. The van der Waals surface area contributed by atoms with E-state index < -0.39 is 18.6 Å². The lowest BCUT2D eigenvalue weighted by molar-refractivity contribution is -0.126. The van der Waals surface area contributed by atoms with Crippen molar-refractivity contribution in [3.05, 3.63) is 59.7 Å². The van der Waals surface area contributed by atoms with Gasteiger partial charge in [-0.1, -0.05) is 17.3 Å². The zero-order valence-corrected chi connectivity index (χ0v) is 14.7. The molecule has 27 heavy (non-hydrogen) atoms. The van der Waals surface area contributed by atoms with Gasteiger partial charge in [0.25, 0.3) is 5.91 Å². The highest BCUT2D eigenvalue weighted by Crippen LogP contribution is 2.14. The van der Waals surface area contributed by atoms with Gasteiger partial charge >= 0.3 is 6.61 Å². The topological polar surface area (TPSA) is 77.0 Å². The van der Waals surface area contributed by atoms with Crippen molar-refractivity contribution < 1.29 is 27.9 Å². The number of alkyl halides is 2. The van der Waals surface area contributed by atoms with E-state index in [2.05, 4.69) is 15.2 Å². The lowest BCUT2D eigenvalue weighted by atomic mass is 10.1. The Bertz CT molecular complexity index is 823. The Morgan fingerprint density at radius 3 is 2.48 bits per heavy atom. The number of ether oxygens (including phenoxy) is 1. The molecule has 1 N–H and O–H groups in total. The molecular formula is C19H18F2N2O4. The Kier molecular flexibility index (Phi) is 6.99. The van der Waals surface area contributed by atoms with Crippen LogP contribution in [0, 0.1) is 0 Å². The van der Waals surface area contributed by atoms with E-state index in [1.165, 1.54) is 44.3 Å². The third kappa shape index (κ3) is 6.50. The van der Waals surface area contributed by atoms with Crippen LogP contribution in [0.1, 0.15) is 29.8 Å². The molecule has 6 nitrogen and oxygen atoms in total. The second kappa shape index (κ2) is 9.42. The number of nitrogens with zero attached hydrogens (tertiary/aromatic N) is 1. The quantitative estimate of drug-likeness (QED) is 0.431. The molecule has 142 valence electrons. The number of rotatable bonds is 8. The average molecular weight is 376 g/mol. The van der Waals surface area contributed by atoms with Crippen molar-refractivity contribution in [1.82, 2.24) is 0 Å². The van der Waals surface area contributed by atoms with Crippen LogP contribution in [0.25, 0.3) is 0 Å². The zero-order chi connectivity index (χ0) is 19.8. The number of halogens is 2. The SMILES string of the molecule is CC(=O)c1cccc(NC(=O)C(C)O/N=C/c2ccc(OC(F)F)cc2)c1. The van der Waals surface area contributed by atoms with Crippen LogP contribution in [-0.2, 0) is 9.63 Å². The Morgan fingerprint density at radius 2 is 1.85 bits per heavy atom. The van der Waals surface area contributed by atoms with Crippen LogP contribution in [-0.4, -0.2) is 30.6 Å². The summed E-state index contributed by atoms with van der Waals surface area (Å²) in [4.78, 5) is 28.6. The first kappa shape index (κ1) is 20.0. The van der Waals surface area contributed by atoms with Crippen LogP contribution in [0.2, 0.25) is 0 Å².